The first kappa shape index (κ1) is 16.5. The Morgan fingerprint density at radius 1 is 1.25 bits per heavy atom. The molecule has 1 aromatic carbocycles. The largest absolute Gasteiger partial charge is 0.488 e. The molecular formula is C16H19BrO3. The van der Waals surface area contributed by atoms with Crippen LogP contribution in [0.4, 0.5) is 0 Å². The molecule has 4 heteroatoms. The molecule has 0 unspecified atom stereocenters. The highest BCUT2D eigenvalue weighted by Gasteiger charge is 2.15. The van der Waals surface area contributed by atoms with Crippen LogP contribution in [0.2, 0.25) is 0 Å². The first-order valence-electron chi connectivity index (χ1n) is 6.17. The third-order valence-corrected chi connectivity index (χ3v) is 3.09. The maximum absolute atomic E-state index is 11.7. The fraction of sp³-hybridized carbons (Fsp3) is 0.312. The normalized spacial score (nSPS) is 10.0. The average molecular weight is 339 g/mol. The number of hydrogen-bond acceptors (Lipinski definition) is 3. The number of ether oxygens (including phenoxy) is 2. The van der Waals surface area contributed by atoms with Crippen LogP contribution in [0.1, 0.15) is 29.8 Å². The van der Waals surface area contributed by atoms with Crippen LogP contribution in [0.5, 0.6) is 5.75 Å². The van der Waals surface area contributed by atoms with Crippen LogP contribution in [-0.4, -0.2) is 19.7 Å². The van der Waals surface area contributed by atoms with E-state index in [1.165, 1.54) is 7.11 Å². The molecule has 0 saturated carbocycles. The highest BCUT2D eigenvalue weighted by atomic mass is 79.9. The second kappa shape index (κ2) is 7.29. The van der Waals surface area contributed by atoms with Gasteiger partial charge in [0.2, 0.25) is 0 Å². The smallest absolute Gasteiger partial charge is 0.337 e. The summed E-state index contributed by atoms with van der Waals surface area (Å²) < 4.78 is 11.2. The van der Waals surface area contributed by atoms with Gasteiger partial charge in [-0.15, -0.1) is 0 Å². The third-order valence-electron chi connectivity index (χ3n) is 2.50. The topological polar surface area (TPSA) is 35.5 Å². The predicted molar refractivity (Wildman–Crippen MR) is 84.3 cm³/mol. The summed E-state index contributed by atoms with van der Waals surface area (Å²) in [6, 6.07) is 3.47. The molecule has 3 nitrogen and oxygen atoms in total. The summed E-state index contributed by atoms with van der Waals surface area (Å²) in [4.78, 5) is 11.7. The summed E-state index contributed by atoms with van der Waals surface area (Å²) in [5.74, 6) is 0.337. The molecule has 0 aliphatic heterocycles. The second-order valence-corrected chi connectivity index (χ2v) is 5.67. The van der Waals surface area contributed by atoms with Crippen LogP contribution < -0.4 is 4.74 Å². The summed E-state index contributed by atoms with van der Waals surface area (Å²) in [6.45, 7) is 12.0. The fourth-order valence-corrected chi connectivity index (χ4v) is 2.32. The monoisotopic (exact) mass is 338 g/mol. The lowest BCUT2D eigenvalue weighted by Gasteiger charge is -2.15. The van der Waals surface area contributed by atoms with Crippen molar-refractivity contribution >= 4 is 21.9 Å². The zero-order valence-corrected chi connectivity index (χ0v) is 13.7. The molecule has 0 aliphatic rings. The van der Waals surface area contributed by atoms with Crippen LogP contribution >= 0.6 is 15.9 Å². The molecule has 0 aromatic heterocycles. The van der Waals surface area contributed by atoms with Crippen molar-refractivity contribution in [1.82, 2.24) is 0 Å². The minimum absolute atomic E-state index is 0.375. The van der Waals surface area contributed by atoms with Crippen LogP contribution in [0.25, 0.3) is 0 Å². The number of carbonyl (C=O) groups excluding carboxylic acids is 1. The zero-order valence-electron chi connectivity index (χ0n) is 12.1. The molecule has 1 rings (SSSR count). The second-order valence-electron chi connectivity index (χ2n) is 4.82. The fourth-order valence-electron chi connectivity index (χ4n) is 1.70. The van der Waals surface area contributed by atoms with Gasteiger partial charge in [-0.1, -0.05) is 18.7 Å². The Labute approximate surface area is 128 Å². The van der Waals surface area contributed by atoms with E-state index in [2.05, 4.69) is 29.1 Å². The quantitative estimate of drug-likeness (QED) is 0.572. The molecule has 0 fully saturated rings. The van der Waals surface area contributed by atoms with E-state index in [-0.39, 0.29) is 5.97 Å². The summed E-state index contributed by atoms with van der Waals surface area (Å²) in [6.07, 6.45) is 0.634. The van der Waals surface area contributed by atoms with Crippen molar-refractivity contribution in [2.45, 2.75) is 20.3 Å². The van der Waals surface area contributed by atoms with Crippen molar-refractivity contribution in [2.24, 2.45) is 0 Å². The van der Waals surface area contributed by atoms with Crippen LogP contribution in [0.3, 0.4) is 0 Å². The van der Waals surface area contributed by atoms with Crippen LogP contribution in [-0.2, 0) is 11.2 Å². The Bertz CT molecular complexity index is 547. The molecule has 20 heavy (non-hydrogen) atoms. The van der Waals surface area contributed by atoms with Gasteiger partial charge >= 0.3 is 5.97 Å². The zero-order chi connectivity index (χ0) is 15.3. The number of halogens is 1. The Morgan fingerprint density at radius 2 is 1.90 bits per heavy atom. The van der Waals surface area contributed by atoms with E-state index in [9.17, 15) is 4.79 Å². The van der Waals surface area contributed by atoms with Gasteiger partial charge in [0, 0.05) is 5.56 Å². The maximum Gasteiger partial charge on any atom is 0.337 e. The molecule has 1 aromatic rings. The van der Waals surface area contributed by atoms with E-state index >= 15 is 0 Å². The first-order chi connectivity index (χ1) is 9.35. The molecule has 0 saturated heterocycles. The third kappa shape index (κ3) is 4.53. The Kier molecular flexibility index (Phi) is 6.02. The van der Waals surface area contributed by atoms with Gasteiger partial charge in [0.25, 0.3) is 0 Å². The molecule has 0 spiro atoms. The molecule has 0 aliphatic carbocycles. The minimum atomic E-state index is -0.375. The van der Waals surface area contributed by atoms with Crippen molar-refractivity contribution in [3.05, 3.63) is 52.0 Å². The number of rotatable bonds is 6. The van der Waals surface area contributed by atoms with Crippen molar-refractivity contribution in [2.75, 3.05) is 13.7 Å². The van der Waals surface area contributed by atoms with E-state index in [1.807, 2.05) is 13.8 Å². The summed E-state index contributed by atoms with van der Waals surface area (Å²) in [7, 11) is 1.36. The molecular weight excluding hydrogens is 320 g/mol. The van der Waals surface area contributed by atoms with Gasteiger partial charge in [-0.3, -0.25) is 0 Å². The lowest BCUT2D eigenvalue weighted by molar-refractivity contribution is 0.0600. The standard InChI is InChI=1S/C16H19BrO3/c1-10(2)6-12-7-13(16(18)19-5)8-14(17)15(12)20-9-11(3)4/h7-8H,1,3,6,9H2,2,4-5H3. The van der Waals surface area contributed by atoms with E-state index in [4.69, 9.17) is 9.47 Å². The van der Waals surface area contributed by atoms with Gasteiger partial charge in [0.05, 0.1) is 17.1 Å². The van der Waals surface area contributed by atoms with Gasteiger partial charge in [-0.2, -0.15) is 0 Å². The number of esters is 1. The van der Waals surface area contributed by atoms with Gasteiger partial charge in [-0.25, -0.2) is 4.79 Å². The molecule has 0 bridgehead atoms. The lowest BCUT2D eigenvalue weighted by atomic mass is 10.0. The Hall–Kier alpha value is -1.55. The van der Waals surface area contributed by atoms with Gasteiger partial charge in [0.15, 0.2) is 0 Å². The Balaban J connectivity index is 3.22. The van der Waals surface area contributed by atoms with Crippen LogP contribution in [0.15, 0.2) is 40.9 Å². The first-order valence-corrected chi connectivity index (χ1v) is 6.96. The lowest BCUT2D eigenvalue weighted by Crippen LogP contribution is -2.06. The van der Waals surface area contributed by atoms with Crippen LogP contribution in [0, 0.1) is 0 Å². The summed E-state index contributed by atoms with van der Waals surface area (Å²) in [5, 5.41) is 0. The number of hydrogen-bond donors (Lipinski definition) is 0. The molecule has 0 radical (unpaired) electrons. The highest BCUT2D eigenvalue weighted by Crippen LogP contribution is 2.33. The predicted octanol–water partition coefficient (Wildman–Crippen LogP) is 4.31. The SMILES string of the molecule is C=C(C)COc1c(Br)cc(C(=O)OC)cc1CC(=C)C. The summed E-state index contributed by atoms with van der Waals surface area (Å²) >= 11 is 3.44. The number of benzene rings is 1. The van der Waals surface area contributed by atoms with Crippen molar-refractivity contribution in [3.63, 3.8) is 0 Å². The molecule has 0 amide bonds. The minimum Gasteiger partial charge on any atom is -0.488 e. The number of methoxy groups -OCH3 is 1. The molecule has 0 N–H and O–H groups in total. The Morgan fingerprint density at radius 3 is 2.40 bits per heavy atom. The van der Waals surface area contributed by atoms with Gasteiger partial charge < -0.3 is 9.47 Å². The van der Waals surface area contributed by atoms with E-state index in [1.54, 1.807) is 12.1 Å². The van der Waals surface area contributed by atoms with E-state index < -0.39 is 0 Å². The average Bonchev–Trinajstić information content (AvgIpc) is 2.35. The number of allylic oxidation sites excluding steroid dienone is 1. The number of carbonyl (C=O) groups is 1. The van der Waals surface area contributed by atoms with Crippen molar-refractivity contribution in [3.8, 4) is 5.75 Å². The van der Waals surface area contributed by atoms with E-state index in [0.29, 0.717) is 24.3 Å². The molecule has 0 heterocycles. The van der Waals surface area contributed by atoms with Gasteiger partial charge in [-0.05, 0) is 53.9 Å². The van der Waals surface area contributed by atoms with Crippen molar-refractivity contribution in [1.29, 1.82) is 0 Å². The molecule has 0 atom stereocenters. The molecule has 108 valence electrons. The summed E-state index contributed by atoms with van der Waals surface area (Å²) in [5.41, 5.74) is 3.29. The highest BCUT2D eigenvalue weighted by molar-refractivity contribution is 9.10. The van der Waals surface area contributed by atoms with E-state index in [0.717, 1.165) is 21.2 Å². The van der Waals surface area contributed by atoms with Gasteiger partial charge in [0.1, 0.15) is 12.4 Å². The maximum atomic E-state index is 11.7. The van der Waals surface area contributed by atoms with Crippen molar-refractivity contribution < 1.29 is 14.3 Å².